The molecule has 1 atom stereocenters. The van der Waals surface area contributed by atoms with Gasteiger partial charge < -0.3 is 20.5 Å². The number of hydrogen-bond acceptors (Lipinski definition) is 4. The predicted molar refractivity (Wildman–Crippen MR) is 74.8 cm³/mol. The lowest BCUT2D eigenvalue weighted by Crippen LogP contribution is -2.45. The Labute approximate surface area is 117 Å². The van der Waals surface area contributed by atoms with E-state index in [-0.39, 0.29) is 11.5 Å². The second-order valence-corrected chi connectivity index (χ2v) is 5.13. The van der Waals surface area contributed by atoms with E-state index in [9.17, 15) is 14.7 Å². The zero-order valence-corrected chi connectivity index (χ0v) is 11.5. The Morgan fingerprint density at radius 1 is 1.45 bits per heavy atom. The van der Waals surface area contributed by atoms with Gasteiger partial charge in [0, 0.05) is 19.3 Å². The van der Waals surface area contributed by atoms with E-state index >= 15 is 0 Å². The summed E-state index contributed by atoms with van der Waals surface area (Å²) >= 11 is 0. The van der Waals surface area contributed by atoms with Crippen LogP contribution in [-0.2, 0) is 9.53 Å². The first-order chi connectivity index (χ1) is 9.35. The molecule has 1 heterocycles. The van der Waals surface area contributed by atoms with Crippen molar-refractivity contribution in [3.05, 3.63) is 23.8 Å². The minimum atomic E-state index is -1.12. The van der Waals surface area contributed by atoms with E-state index in [4.69, 9.17) is 10.5 Å². The van der Waals surface area contributed by atoms with E-state index in [2.05, 4.69) is 0 Å². The number of hydrogen-bond donors (Lipinski definition) is 2. The molecule has 0 aliphatic carbocycles. The van der Waals surface area contributed by atoms with Gasteiger partial charge in [-0.2, -0.15) is 0 Å². The molecule has 3 N–H and O–H groups in total. The van der Waals surface area contributed by atoms with Crippen LogP contribution in [-0.4, -0.2) is 36.2 Å². The molecule has 6 heteroatoms. The quantitative estimate of drug-likeness (QED) is 0.817. The van der Waals surface area contributed by atoms with Gasteiger partial charge in [-0.05, 0) is 38.0 Å². The Bertz CT molecular complexity index is 550. The minimum Gasteiger partial charge on any atom is -0.478 e. The number of anilines is 2. The Morgan fingerprint density at radius 3 is 2.70 bits per heavy atom. The van der Waals surface area contributed by atoms with Crippen LogP contribution < -0.4 is 10.6 Å². The van der Waals surface area contributed by atoms with Gasteiger partial charge in [-0.15, -0.1) is 0 Å². The lowest BCUT2D eigenvalue weighted by molar-refractivity contribution is -0.136. The summed E-state index contributed by atoms with van der Waals surface area (Å²) in [5, 5.41) is 9.23. The van der Waals surface area contributed by atoms with Gasteiger partial charge in [0.15, 0.2) is 0 Å². The van der Waals surface area contributed by atoms with Gasteiger partial charge in [0.25, 0.3) is 5.91 Å². The number of rotatable bonds is 3. The molecule has 1 aromatic carbocycles. The van der Waals surface area contributed by atoms with Gasteiger partial charge in [-0.25, -0.2) is 4.79 Å². The second-order valence-electron chi connectivity index (χ2n) is 5.13. The van der Waals surface area contributed by atoms with Crippen LogP contribution in [0.1, 0.15) is 30.1 Å². The summed E-state index contributed by atoms with van der Waals surface area (Å²) in [6.07, 6.45) is 1.46. The molecule has 1 aromatic rings. The number of amides is 1. The zero-order chi connectivity index (χ0) is 14.9. The molecule has 1 fully saturated rings. The molecule has 1 aliphatic heterocycles. The van der Waals surface area contributed by atoms with E-state index in [1.54, 1.807) is 20.0 Å². The Hall–Kier alpha value is -2.08. The van der Waals surface area contributed by atoms with Crippen molar-refractivity contribution in [1.82, 2.24) is 0 Å². The Kier molecular flexibility index (Phi) is 3.67. The van der Waals surface area contributed by atoms with Crippen LogP contribution in [0.15, 0.2) is 18.2 Å². The third kappa shape index (κ3) is 2.46. The number of nitrogen functional groups attached to an aromatic ring is 1. The first-order valence-corrected chi connectivity index (χ1v) is 6.40. The van der Waals surface area contributed by atoms with E-state index in [1.165, 1.54) is 17.0 Å². The number of carboxylic acid groups (broad SMARTS) is 1. The van der Waals surface area contributed by atoms with Crippen LogP contribution in [0.5, 0.6) is 0 Å². The third-order valence-corrected chi connectivity index (χ3v) is 3.59. The number of nitrogens with two attached hydrogens (primary N) is 1. The second kappa shape index (κ2) is 5.13. The molecule has 1 aliphatic rings. The van der Waals surface area contributed by atoms with Crippen molar-refractivity contribution in [1.29, 1.82) is 0 Å². The van der Waals surface area contributed by atoms with Gasteiger partial charge in [-0.3, -0.25) is 4.79 Å². The summed E-state index contributed by atoms with van der Waals surface area (Å²) < 4.78 is 5.51. The summed E-state index contributed by atoms with van der Waals surface area (Å²) in [4.78, 5) is 25.1. The lowest BCUT2D eigenvalue weighted by atomic mass is 10.00. The van der Waals surface area contributed by atoms with Crippen molar-refractivity contribution in [2.45, 2.75) is 25.4 Å². The average Bonchev–Trinajstić information content (AvgIpc) is 2.85. The van der Waals surface area contributed by atoms with Gasteiger partial charge in [0.1, 0.15) is 5.60 Å². The number of likely N-dealkylation sites (N-methyl/N-ethyl adjacent to an activating group) is 1. The normalized spacial score (nSPS) is 21.7. The van der Waals surface area contributed by atoms with Crippen molar-refractivity contribution in [3.63, 3.8) is 0 Å². The highest BCUT2D eigenvalue weighted by molar-refractivity contribution is 6.05. The number of carbonyl (C=O) groups excluding carboxylic acids is 1. The SMILES string of the molecule is CN(C(=O)C1(C)CCCO1)c1ccc(N)cc1C(=O)O. The Morgan fingerprint density at radius 2 is 2.15 bits per heavy atom. The summed E-state index contributed by atoms with van der Waals surface area (Å²) in [5.74, 6) is -1.37. The first-order valence-electron chi connectivity index (χ1n) is 6.40. The zero-order valence-electron chi connectivity index (χ0n) is 11.5. The topological polar surface area (TPSA) is 92.9 Å². The smallest absolute Gasteiger partial charge is 0.337 e. The minimum absolute atomic E-state index is 0.00227. The van der Waals surface area contributed by atoms with Crippen molar-refractivity contribution >= 4 is 23.3 Å². The highest BCUT2D eigenvalue weighted by Gasteiger charge is 2.40. The fraction of sp³-hybridized carbons (Fsp3) is 0.429. The van der Waals surface area contributed by atoms with Crippen molar-refractivity contribution in [2.24, 2.45) is 0 Å². The largest absolute Gasteiger partial charge is 0.478 e. The maximum atomic E-state index is 12.5. The van der Waals surface area contributed by atoms with Crippen LogP contribution in [0, 0.1) is 0 Å². The highest BCUT2D eigenvalue weighted by atomic mass is 16.5. The molecular weight excluding hydrogens is 260 g/mol. The number of aromatic carboxylic acids is 1. The molecule has 1 unspecified atom stereocenters. The molecule has 20 heavy (non-hydrogen) atoms. The molecule has 108 valence electrons. The highest BCUT2D eigenvalue weighted by Crippen LogP contribution is 2.30. The van der Waals surface area contributed by atoms with E-state index in [0.717, 1.165) is 6.42 Å². The lowest BCUT2D eigenvalue weighted by Gasteiger charge is -2.29. The predicted octanol–water partition coefficient (Wildman–Crippen LogP) is 1.50. The molecule has 0 radical (unpaired) electrons. The first kappa shape index (κ1) is 14.3. The standard InChI is InChI=1S/C14H18N2O4/c1-14(6-3-7-20-14)13(19)16(2)11-5-4-9(15)8-10(11)12(17)18/h4-5,8H,3,6-7,15H2,1-2H3,(H,17,18). The van der Waals surface area contributed by atoms with Crippen LogP contribution in [0.3, 0.4) is 0 Å². The van der Waals surface area contributed by atoms with Crippen LogP contribution >= 0.6 is 0 Å². The van der Waals surface area contributed by atoms with Crippen LogP contribution in [0.4, 0.5) is 11.4 Å². The molecule has 1 amide bonds. The van der Waals surface area contributed by atoms with E-state index < -0.39 is 11.6 Å². The number of benzene rings is 1. The molecule has 0 bridgehead atoms. The summed E-state index contributed by atoms with van der Waals surface area (Å²) in [7, 11) is 1.55. The molecule has 0 saturated carbocycles. The van der Waals surface area contributed by atoms with Gasteiger partial charge in [0.05, 0.1) is 11.3 Å². The number of carboxylic acids is 1. The molecule has 0 aromatic heterocycles. The van der Waals surface area contributed by atoms with Gasteiger partial charge in [0.2, 0.25) is 0 Å². The monoisotopic (exact) mass is 278 g/mol. The Balaban J connectivity index is 2.36. The van der Waals surface area contributed by atoms with Gasteiger partial charge >= 0.3 is 5.97 Å². The maximum absolute atomic E-state index is 12.5. The van der Waals surface area contributed by atoms with Crippen LogP contribution in [0.2, 0.25) is 0 Å². The number of carbonyl (C=O) groups is 2. The van der Waals surface area contributed by atoms with E-state index in [1.807, 2.05) is 0 Å². The fourth-order valence-corrected chi connectivity index (χ4v) is 2.43. The van der Waals surface area contributed by atoms with Crippen molar-refractivity contribution in [2.75, 3.05) is 24.3 Å². The molecule has 1 saturated heterocycles. The third-order valence-electron chi connectivity index (χ3n) is 3.59. The van der Waals surface area contributed by atoms with Crippen LogP contribution in [0.25, 0.3) is 0 Å². The fourth-order valence-electron chi connectivity index (χ4n) is 2.43. The number of ether oxygens (including phenoxy) is 1. The summed E-state index contributed by atoms with van der Waals surface area (Å²) in [6.45, 7) is 2.28. The summed E-state index contributed by atoms with van der Waals surface area (Å²) in [5.41, 5.74) is 5.37. The van der Waals surface area contributed by atoms with Crippen molar-refractivity contribution in [3.8, 4) is 0 Å². The molecular formula is C14H18N2O4. The average molecular weight is 278 g/mol. The number of nitrogens with zero attached hydrogens (tertiary/aromatic N) is 1. The molecule has 6 nitrogen and oxygen atoms in total. The van der Waals surface area contributed by atoms with Gasteiger partial charge in [-0.1, -0.05) is 0 Å². The molecule has 0 spiro atoms. The maximum Gasteiger partial charge on any atom is 0.337 e. The van der Waals surface area contributed by atoms with E-state index in [0.29, 0.717) is 24.4 Å². The summed E-state index contributed by atoms with van der Waals surface area (Å²) in [6, 6.07) is 4.46. The molecule has 2 rings (SSSR count). The van der Waals surface area contributed by atoms with Crippen molar-refractivity contribution < 1.29 is 19.4 Å².